The molecule has 25 heavy (non-hydrogen) atoms. The molecule has 0 radical (unpaired) electrons. The zero-order chi connectivity index (χ0) is 18.0. The number of aromatic nitrogens is 2. The second-order valence-corrected chi connectivity index (χ2v) is 5.53. The molecule has 0 aliphatic rings. The fourth-order valence-electron chi connectivity index (χ4n) is 2.44. The highest BCUT2D eigenvalue weighted by molar-refractivity contribution is 5.92. The highest BCUT2D eigenvalue weighted by Gasteiger charge is 2.09. The molecule has 2 aromatic carbocycles. The van der Waals surface area contributed by atoms with E-state index < -0.39 is 11.6 Å². The molecule has 0 spiro atoms. The maximum atomic E-state index is 13.4. The lowest BCUT2D eigenvalue weighted by Gasteiger charge is -2.08. The summed E-state index contributed by atoms with van der Waals surface area (Å²) in [5.74, 6) is -1.25. The molecule has 0 fully saturated rings. The van der Waals surface area contributed by atoms with Gasteiger partial charge in [-0.05, 0) is 35.9 Å². The lowest BCUT2D eigenvalue weighted by molar-refractivity contribution is -0.114. The first-order valence-corrected chi connectivity index (χ1v) is 7.44. The Morgan fingerprint density at radius 3 is 2.48 bits per heavy atom. The largest absolute Gasteiger partial charge is 0.287 e. The van der Waals surface area contributed by atoms with E-state index in [2.05, 4.69) is 5.10 Å². The molecule has 0 bridgehead atoms. The van der Waals surface area contributed by atoms with E-state index in [0.717, 1.165) is 23.8 Å². The minimum Gasteiger partial charge on any atom is -0.287 e. The quantitative estimate of drug-likeness (QED) is 0.541. The summed E-state index contributed by atoms with van der Waals surface area (Å²) in [6.07, 6.45) is 0. The molecule has 3 rings (SSSR count). The second-order valence-electron chi connectivity index (χ2n) is 5.53. The molecule has 0 unspecified atom stereocenters. The van der Waals surface area contributed by atoms with E-state index in [-0.39, 0.29) is 23.5 Å². The Hall–Kier alpha value is -3.35. The summed E-state index contributed by atoms with van der Waals surface area (Å²) in [5, 5.41) is 9.77. The van der Waals surface area contributed by atoms with Gasteiger partial charge in [0.05, 0.1) is 17.8 Å². The molecule has 1 aromatic heterocycles. The zero-order valence-corrected chi connectivity index (χ0v) is 13.1. The van der Waals surface area contributed by atoms with E-state index in [1.165, 1.54) is 16.8 Å². The Morgan fingerprint density at radius 2 is 1.80 bits per heavy atom. The molecule has 5 nitrogen and oxygen atoms in total. The molecular formula is C18H15F2N4O+. The third kappa shape index (κ3) is 3.77. The van der Waals surface area contributed by atoms with E-state index in [0.29, 0.717) is 11.3 Å². The van der Waals surface area contributed by atoms with Crippen molar-refractivity contribution in [2.24, 2.45) is 5.73 Å². The van der Waals surface area contributed by atoms with Crippen molar-refractivity contribution in [2.75, 3.05) is 0 Å². The van der Waals surface area contributed by atoms with Gasteiger partial charge in [-0.1, -0.05) is 12.1 Å². The number of benzene rings is 2. The summed E-state index contributed by atoms with van der Waals surface area (Å²) in [7, 11) is 0. The number of hydrogen-bond acceptors (Lipinski definition) is 2. The zero-order valence-electron chi connectivity index (χ0n) is 13.1. The molecule has 3 aromatic rings. The van der Waals surface area contributed by atoms with Crippen LogP contribution in [0.15, 0.2) is 59.4 Å². The average Bonchev–Trinajstić information content (AvgIpc) is 2.56. The summed E-state index contributed by atoms with van der Waals surface area (Å²) in [5.41, 5.74) is 7.19. The van der Waals surface area contributed by atoms with Crippen LogP contribution in [0.5, 0.6) is 0 Å². The molecule has 7 heteroatoms. The van der Waals surface area contributed by atoms with Crippen molar-refractivity contribution in [1.29, 1.82) is 0 Å². The topological polar surface area (TPSA) is 86.5 Å². The number of rotatable bonds is 4. The van der Waals surface area contributed by atoms with E-state index in [1.807, 2.05) is 0 Å². The smallest absolute Gasteiger partial charge is 0.270 e. The molecule has 0 aliphatic heterocycles. The SMILES string of the molecule is NC(=[NH2+])c1cccc(Cn2nc(-c3cc(F)cc(F)c3)ccc2=O)c1. The van der Waals surface area contributed by atoms with Crippen LogP contribution in [0, 0.1) is 11.6 Å². The van der Waals surface area contributed by atoms with Gasteiger partial charge in [-0.25, -0.2) is 13.5 Å². The van der Waals surface area contributed by atoms with Crippen molar-refractivity contribution in [2.45, 2.75) is 6.54 Å². The Kier molecular flexibility index (Phi) is 4.38. The van der Waals surface area contributed by atoms with Crippen LogP contribution < -0.4 is 16.7 Å². The summed E-state index contributed by atoms with van der Waals surface area (Å²) in [4.78, 5) is 12.1. The maximum Gasteiger partial charge on any atom is 0.270 e. The van der Waals surface area contributed by atoms with Crippen LogP contribution in [0.25, 0.3) is 11.3 Å². The van der Waals surface area contributed by atoms with Crippen LogP contribution in [0.3, 0.4) is 0 Å². The fraction of sp³-hybridized carbons (Fsp3) is 0.0556. The van der Waals surface area contributed by atoms with E-state index in [1.54, 1.807) is 24.3 Å². The van der Waals surface area contributed by atoms with Gasteiger partial charge in [0.2, 0.25) is 0 Å². The summed E-state index contributed by atoms with van der Waals surface area (Å²) < 4.78 is 28.0. The number of nitrogens with zero attached hydrogens (tertiary/aromatic N) is 2. The molecular weight excluding hydrogens is 326 g/mol. The fourth-order valence-corrected chi connectivity index (χ4v) is 2.44. The molecule has 0 aliphatic carbocycles. The minimum absolute atomic E-state index is 0.172. The summed E-state index contributed by atoms with van der Waals surface area (Å²) in [6.45, 7) is 0.172. The van der Waals surface area contributed by atoms with Crippen LogP contribution in [0.2, 0.25) is 0 Å². The lowest BCUT2D eigenvalue weighted by atomic mass is 10.1. The van der Waals surface area contributed by atoms with Crippen molar-refractivity contribution in [3.63, 3.8) is 0 Å². The first-order chi connectivity index (χ1) is 11.9. The summed E-state index contributed by atoms with van der Waals surface area (Å²) >= 11 is 0. The normalized spacial score (nSPS) is 10.6. The lowest BCUT2D eigenvalue weighted by Crippen LogP contribution is -2.46. The molecule has 4 N–H and O–H groups in total. The first-order valence-electron chi connectivity index (χ1n) is 7.44. The Bertz CT molecular complexity index is 994. The number of nitrogens with two attached hydrogens (primary N) is 2. The van der Waals surface area contributed by atoms with Crippen molar-refractivity contribution < 1.29 is 14.2 Å². The number of amidine groups is 1. The van der Waals surface area contributed by atoms with Crippen LogP contribution in [0.4, 0.5) is 8.78 Å². The summed E-state index contributed by atoms with van der Waals surface area (Å²) in [6, 6.07) is 12.9. The average molecular weight is 341 g/mol. The molecule has 126 valence electrons. The number of halogens is 2. The molecule has 0 saturated heterocycles. The van der Waals surface area contributed by atoms with E-state index in [9.17, 15) is 13.6 Å². The third-order valence-electron chi connectivity index (χ3n) is 3.62. The highest BCUT2D eigenvalue weighted by Crippen LogP contribution is 2.18. The van der Waals surface area contributed by atoms with Gasteiger partial charge in [-0.15, -0.1) is 0 Å². The van der Waals surface area contributed by atoms with Crippen molar-refractivity contribution in [3.05, 3.63) is 87.7 Å². The predicted molar refractivity (Wildman–Crippen MR) is 89.6 cm³/mol. The second kappa shape index (κ2) is 6.64. The molecule has 1 heterocycles. The predicted octanol–water partition coefficient (Wildman–Crippen LogP) is 0.701. The van der Waals surface area contributed by atoms with Gasteiger partial charge in [-0.2, -0.15) is 5.10 Å². The van der Waals surface area contributed by atoms with Crippen molar-refractivity contribution >= 4 is 5.84 Å². The van der Waals surface area contributed by atoms with Gasteiger partial charge in [0.15, 0.2) is 0 Å². The Labute approximate surface area is 141 Å². The van der Waals surface area contributed by atoms with E-state index in [4.69, 9.17) is 11.1 Å². The molecule has 0 atom stereocenters. The number of hydrogen-bond donors (Lipinski definition) is 2. The van der Waals surface area contributed by atoms with Crippen LogP contribution in [-0.2, 0) is 6.54 Å². The van der Waals surface area contributed by atoms with Crippen LogP contribution in [0.1, 0.15) is 11.1 Å². The molecule has 0 saturated carbocycles. The van der Waals surface area contributed by atoms with Gasteiger partial charge in [-0.3, -0.25) is 15.9 Å². The minimum atomic E-state index is -0.712. The van der Waals surface area contributed by atoms with Gasteiger partial charge >= 0.3 is 0 Å². The third-order valence-corrected chi connectivity index (χ3v) is 3.62. The van der Waals surface area contributed by atoms with Crippen molar-refractivity contribution in [3.8, 4) is 11.3 Å². The highest BCUT2D eigenvalue weighted by atomic mass is 19.1. The maximum absolute atomic E-state index is 13.4. The Balaban J connectivity index is 1.99. The van der Waals surface area contributed by atoms with Crippen LogP contribution >= 0.6 is 0 Å². The molecule has 0 amide bonds. The Morgan fingerprint density at radius 1 is 1.08 bits per heavy atom. The standard InChI is InChI=1S/C18H14F2N4O/c19-14-7-13(8-15(20)9-14)16-4-5-17(25)24(23-16)10-11-2-1-3-12(6-11)18(21)22/h1-9H,10H2,(H3,21,22)/p+1. The van der Waals surface area contributed by atoms with Gasteiger partial charge < -0.3 is 0 Å². The van der Waals surface area contributed by atoms with E-state index >= 15 is 0 Å². The monoisotopic (exact) mass is 341 g/mol. The van der Waals surface area contributed by atoms with Gasteiger partial charge in [0.1, 0.15) is 11.6 Å². The van der Waals surface area contributed by atoms with Crippen molar-refractivity contribution in [1.82, 2.24) is 9.78 Å². The first kappa shape index (κ1) is 16.5. The van der Waals surface area contributed by atoms with Gasteiger partial charge in [0, 0.05) is 17.7 Å². The van der Waals surface area contributed by atoms with Crippen LogP contribution in [-0.4, -0.2) is 15.6 Å². The van der Waals surface area contributed by atoms with Gasteiger partial charge in [0.25, 0.3) is 11.4 Å².